The van der Waals surface area contributed by atoms with E-state index in [1.807, 2.05) is 36.4 Å². The molecule has 5 nitrogen and oxygen atoms in total. The Morgan fingerprint density at radius 1 is 1.12 bits per heavy atom. The SMILES string of the molecule is C=Nc1c(C(=NCCCC23CCCN2CCC3)N(CC(C)C)CC(C)CC)cnc(-c2cccc3cccc(Cl)c23)c1F. The molecule has 2 saturated heterocycles. The van der Waals surface area contributed by atoms with Crippen molar-refractivity contribution in [3.8, 4) is 11.3 Å². The van der Waals surface area contributed by atoms with E-state index in [2.05, 4.69) is 49.2 Å². The van der Waals surface area contributed by atoms with E-state index in [0.29, 0.717) is 40.1 Å². The number of aromatic nitrogens is 1. The Kier molecular flexibility index (Phi) is 10.2. The van der Waals surface area contributed by atoms with E-state index in [1.165, 1.54) is 45.2 Å². The molecule has 2 aliphatic heterocycles. The minimum atomic E-state index is -0.493. The molecule has 1 aromatic heterocycles. The molecule has 2 fully saturated rings. The van der Waals surface area contributed by atoms with E-state index >= 15 is 4.39 Å². The van der Waals surface area contributed by atoms with Gasteiger partial charge in [-0.25, -0.2) is 4.39 Å². The second kappa shape index (κ2) is 13.9. The minimum absolute atomic E-state index is 0.196. The second-order valence-electron chi connectivity index (χ2n) is 13.0. The highest BCUT2D eigenvalue weighted by Gasteiger charge is 2.43. The molecule has 3 aromatic rings. The van der Waals surface area contributed by atoms with Crippen LogP contribution in [0, 0.1) is 17.7 Å². The maximum Gasteiger partial charge on any atom is 0.175 e. The fraction of sp³-hybridized carbons (Fsp3) is 0.528. The lowest BCUT2D eigenvalue weighted by Gasteiger charge is -2.32. The Labute approximate surface area is 262 Å². The summed E-state index contributed by atoms with van der Waals surface area (Å²) >= 11 is 6.61. The molecule has 2 aliphatic rings. The summed E-state index contributed by atoms with van der Waals surface area (Å²) in [5.74, 6) is 1.15. The average Bonchev–Trinajstić information content (AvgIpc) is 3.57. The number of benzene rings is 2. The van der Waals surface area contributed by atoms with Crippen molar-refractivity contribution < 1.29 is 4.39 Å². The van der Waals surface area contributed by atoms with Gasteiger partial charge < -0.3 is 4.90 Å². The number of amidine groups is 1. The number of aliphatic imine (C=N–C) groups is 2. The third-order valence-corrected chi connectivity index (χ3v) is 9.80. The van der Waals surface area contributed by atoms with Crippen molar-refractivity contribution in [2.45, 2.75) is 78.2 Å². The molecule has 7 heteroatoms. The maximum absolute atomic E-state index is 16.5. The van der Waals surface area contributed by atoms with Gasteiger partial charge in [-0.2, -0.15) is 0 Å². The summed E-state index contributed by atoms with van der Waals surface area (Å²) in [7, 11) is 0. The largest absolute Gasteiger partial charge is 0.356 e. The molecule has 230 valence electrons. The van der Waals surface area contributed by atoms with Crippen molar-refractivity contribution >= 4 is 40.6 Å². The highest BCUT2D eigenvalue weighted by atomic mass is 35.5. The van der Waals surface area contributed by atoms with Crippen molar-refractivity contribution in [3.63, 3.8) is 0 Å². The molecule has 0 saturated carbocycles. The number of hydrogen-bond acceptors (Lipinski definition) is 4. The predicted molar refractivity (Wildman–Crippen MR) is 181 cm³/mol. The third kappa shape index (κ3) is 6.66. The molecule has 0 bridgehead atoms. The smallest absolute Gasteiger partial charge is 0.175 e. The third-order valence-electron chi connectivity index (χ3n) is 9.49. The summed E-state index contributed by atoms with van der Waals surface area (Å²) in [5.41, 5.74) is 2.04. The lowest BCUT2D eigenvalue weighted by molar-refractivity contribution is 0.180. The van der Waals surface area contributed by atoms with Crippen LogP contribution in [0.15, 0.2) is 52.6 Å². The van der Waals surface area contributed by atoms with Gasteiger partial charge in [0.05, 0.1) is 5.56 Å². The van der Waals surface area contributed by atoms with E-state index in [-0.39, 0.29) is 11.4 Å². The summed E-state index contributed by atoms with van der Waals surface area (Å²) in [6, 6.07) is 11.4. The molecule has 0 spiro atoms. The van der Waals surface area contributed by atoms with Crippen LogP contribution in [0.1, 0.15) is 78.2 Å². The molecule has 1 unspecified atom stereocenters. The Balaban J connectivity index is 1.54. The van der Waals surface area contributed by atoms with Gasteiger partial charge >= 0.3 is 0 Å². The molecule has 5 rings (SSSR count). The minimum Gasteiger partial charge on any atom is -0.356 e. The van der Waals surface area contributed by atoms with Crippen molar-refractivity contribution in [1.29, 1.82) is 0 Å². The van der Waals surface area contributed by atoms with Gasteiger partial charge in [0, 0.05) is 47.3 Å². The topological polar surface area (TPSA) is 44.1 Å². The van der Waals surface area contributed by atoms with Crippen LogP contribution in [-0.2, 0) is 0 Å². The van der Waals surface area contributed by atoms with Crippen LogP contribution in [0.4, 0.5) is 10.1 Å². The quantitative estimate of drug-likeness (QED) is 0.118. The van der Waals surface area contributed by atoms with E-state index in [4.69, 9.17) is 21.6 Å². The summed E-state index contributed by atoms with van der Waals surface area (Å²) in [4.78, 5) is 19.3. The zero-order chi connectivity index (χ0) is 30.6. The zero-order valence-corrected chi connectivity index (χ0v) is 27.1. The molecule has 0 radical (unpaired) electrons. The zero-order valence-electron chi connectivity index (χ0n) is 26.4. The Bertz CT molecular complexity index is 1450. The van der Waals surface area contributed by atoms with Crippen LogP contribution < -0.4 is 0 Å². The number of fused-ring (bicyclic) bond motifs is 2. The van der Waals surface area contributed by atoms with Crippen LogP contribution >= 0.6 is 11.6 Å². The van der Waals surface area contributed by atoms with Gasteiger partial charge in [-0.05, 0) is 81.6 Å². The lowest BCUT2D eigenvalue weighted by Crippen LogP contribution is -2.39. The van der Waals surface area contributed by atoms with Crippen LogP contribution in [-0.4, -0.2) is 65.6 Å². The van der Waals surface area contributed by atoms with Gasteiger partial charge in [0.1, 0.15) is 17.2 Å². The highest BCUT2D eigenvalue weighted by molar-refractivity contribution is 6.36. The highest BCUT2D eigenvalue weighted by Crippen LogP contribution is 2.42. The van der Waals surface area contributed by atoms with Gasteiger partial charge in [0.2, 0.25) is 0 Å². The fourth-order valence-electron chi connectivity index (χ4n) is 7.25. The molecule has 0 amide bonds. The molecule has 0 N–H and O–H groups in total. The molecular weight excluding hydrogens is 557 g/mol. The Hall–Kier alpha value is -2.83. The van der Waals surface area contributed by atoms with Crippen LogP contribution in [0.2, 0.25) is 5.02 Å². The number of pyridine rings is 1. The first-order valence-corrected chi connectivity index (χ1v) is 16.5. The Morgan fingerprint density at radius 2 is 1.84 bits per heavy atom. The number of nitrogens with zero attached hydrogens (tertiary/aromatic N) is 5. The first kappa shape index (κ1) is 31.6. The molecule has 43 heavy (non-hydrogen) atoms. The van der Waals surface area contributed by atoms with E-state index in [9.17, 15) is 0 Å². The van der Waals surface area contributed by atoms with Crippen molar-refractivity contribution in [1.82, 2.24) is 14.8 Å². The average molecular weight is 604 g/mol. The molecule has 0 aliphatic carbocycles. The van der Waals surface area contributed by atoms with E-state index in [1.54, 1.807) is 6.20 Å². The van der Waals surface area contributed by atoms with Crippen LogP contribution in [0.5, 0.6) is 0 Å². The molecule has 2 aromatic carbocycles. The summed E-state index contributed by atoms with van der Waals surface area (Å²) in [6.45, 7) is 17.5. The van der Waals surface area contributed by atoms with Crippen molar-refractivity contribution in [2.24, 2.45) is 21.8 Å². The number of hydrogen-bond donors (Lipinski definition) is 0. The first-order chi connectivity index (χ1) is 20.8. The van der Waals surface area contributed by atoms with E-state index < -0.39 is 5.82 Å². The molecule has 1 atom stereocenters. The fourth-order valence-corrected chi connectivity index (χ4v) is 7.54. The first-order valence-electron chi connectivity index (χ1n) is 16.2. The summed E-state index contributed by atoms with van der Waals surface area (Å²) in [5, 5.41) is 2.28. The number of halogens is 2. The van der Waals surface area contributed by atoms with Gasteiger partial charge in [-0.1, -0.05) is 76.0 Å². The Morgan fingerprint density at radius 3 is 2.51 bits per heavy atom. The second-order valence-corrected chi connectivity index (χ2v) is 13.4. The lowest BCUT2D eigenvalue weighted by atomic mass is 9.89. The van der Waals surface area contributed by atoms with Crippen molar-refractivity contribution in [3.05, 3.63) is 59.0 Å². The van der Waals surface area contributed by atoms with E-state index in [0.717, 1.165) is 42.5 Å². The monoisotopic (exact) mass is 603 g/mol. The summed E-state index contributed by atoms with van der Waals surface area (Å²) in [6.07, 6.45) is 10.2. The maximum atomic E-state index is 16.5. The molecule has 3 heterocycles. The van der Waals surface area contributed by atoms with Crippen LogP contribution in [0.3, 0.4) is 0 Å². The van der Waals surface area contributed by atoms with Gasteiger partial charge in [-0.3, -0.25) is 19.9 Å². The summed E-state index contributed by atoms with van der Waals surface area (Å²) < 4.78 is 16.5. The van der Waals surface area contributed by atoms with Gasteiger partial charge in [-0.15, -0.1) is 0 Å². The van der Waals surface area contributed by atoms with Gasteiger partial charge in [0.25, 0.3) is 0 Å². The van der Waals surface area contributed by atoms with Crippen molar-refractivity contribution in [2.75, 3.05) is 32.7 Å². The standard InChI is InChI=1S/C36H47ClFN5/c1-6-26(4)24-42(23-25(2)3)35(40-19-9-16-36-17-10-20-43(36)21-11-18-36)29-22-41-34(32(38)33(29)39-5)28-14-7-12-27-13-8-15-30(37)31(27)28/h7-8,12-15,22,25-26H,5-6,9-11,16-21,23-24H2,1-4H3. The molecular formula is C36H47ClFN5. The number of rotatable bonds is 12. The normalized spacial score (nSPS) is 17.5. The van der Waals surface area contributed by atoms with Gasteiger partial charge in [0.15, 0.2) is 5.82 Å². The predicted octanol–water partition coefficient (Wildman–Crippen LogP) is 9.19. The van der Waals surface area contributed by atoms with Crippen LogP contribution in [0.25, 0.3) is 22.0 Å².